The Labute approximate surface area is 266 Å². The summed E-state index contributed by atoms with van der Waals surface area (Å²) in [5.41, 5.74) is 4.05. The molecule has 2 aromatic carbocycles. The van der Waals surface area contributed by atoms with E-state index >= 15 is 0 Å². The maximum Gasteiger partial charge on any atom is 0.229 e. The van der Waals surface area contributed by atoms with Gasteiger partial charge in [0.15, 0.2) is 17.3 Å². The smallest absolute Gasteiger partial charge is 0.229 e. The zero-order valence-electron chi connectivity index (χ0n) is 26.2. The van der Waals surface area contributed by atoms with Crippen molar-refractivity contribution in [3.8, 4) is 17.2 Å². The van der Waals surface area contributed by atoms with Crippen molar-refractivity contribution < 1.29 is 18.9 Å². The quantitative estimate of drug-likeness (QED) is 0.267. The maximum atomic E-state index is 6.57. The largest absolute Gasteiger partial charge is 0.494 e. The van der Waals surface area contributed by atoms with Crippen LogP contribution < -0.4 is 35.0 Å². The van der Waals surface area contributed by atoms with Crippen LogP contribution in [-0.2, 0) is 4.74 Å². The van der Waals surface area contributed by atoms with Crippen molar-refractivity contribution in [2.75, 3.05) is 82.0 Å². The second kappa shape index (κ2) is 13.5. The van der Waals surface area contributed by atoms with Crippen LogP contribution in [0, 0.1) is 6.92 Å². The molecule has 3 aliphatic rings. The molecule has 0 saturated carbocycles. The molecule has 6 rings (SSSR count). The Morgan fingerprint density at radius 1 is 1.07 bits per heavy atom. The fourth-order valence-electron chi connectivity index (χ4n) is 6.27. The van der Waals surface area contributed by atoms with Gasteiger partial charge in [-0.15, -0.1) is 0 Å². The molecule has 2 saturated heterocycles. The normalized spacial score (nSPS) is 17.5. The van der Waals surface area contributed by atoms with E-state index in [1.807, 2.05) is 12.1 Å². The highest BCUT2D eigenvalue weighted by molar-refractivity contribution is 7.64. The average Bonchev–Trinajstić information content (AvgIpc) is 3.00. The Morgan fingerprint density at radius 3 is 2.57 bits per heavy atom. The first-order chi connectivity index (χ1) is 21.3. The topological polar surface area (TPSA) is 93.2 Å². The van der Waals surface area contributed by atoms with Gasteiger partial charge in [-0.25, -0.2) is 4.98 Å². The molecule has 3 aromatic rings. The molecule has 0 unspecified atom stereocenters. The molecule has 1 aromatic heterocycles. The van der Waals surface area contributed by atoms with Crippen molar-refractivity contribution in [2.45, 2.75) is 38.8 Å². The van der Waals surface area contributed by atoms with Crippen LogP contribution in [-0.4, -0.2) is 93.5 Å². The van der Waals surface area contributed by atoms with Gasteiger partial charge >= 0.3 is 0 Å². The van der Waals surface area contributed by atoms with Crippen LogP contribution >= 0.6 is 19.5 Å². The number of methoxy groups -OCH3 is 1. The van der Waals surface area contributed by atoms with E-state index in [4.69, 9.17) is 35.5 Å². The molecule has 0 radical (unpaired) electrons. The van der Waals surface area contributed by atoms with E-state index in [-0.39, 0.29) is 0 Å². The molecule has 12 heteroatoms. The molecular formula is C32H42ClN6O4P. The van der Waals surface area contributed by atoms with Crippen LogP contribution in [0.4, 0.5) is 28.8 Å². The number of nitrogens with zero attached hydrogens (tertiary/aromatic N) is 4. The molecule has 0 spiro atoms. The van der Waals surface area contributed by atoms with Crippen LogP contribution in [0.2, 0.25) is 5.02 Å². The second-order valence-electron chi connectivity index (χ2n) is 11.6. The predicted molar refractivity (Wildman–Crippen MR) is 179 cm³/mol. The van der Waals surface area contributed by atoms with Crippen molar-refractivity contribution in [1.29, 1.82) is 0 Å². The minimum Gasteiger partial charge on any atom is -0.494 e. The zero-order valence-corrected chi connectivity index (χ0v) is 27.8. The number of hydrogen-bond acceptors (Lipinski definition) is 10. The number of fused-ring (bicyclic) bond motifs is 1. The molecule has 4 heterocycles. The van der Waals surface area contributed by atoms with Crippen molar-refractivity contribution >= 4 is 53.7 Å². The van der Waals surface area contributed by atoms with E-state index < -0.39 is 7.92 Å². The van der Waals surface area contributed by atoms with Crippen LogP contribution in [0.1, 0.15) is 25.3 Å². The molecule has 3 aliphatic heterocycles. The number of hydrogen-bond donors (Lipinski definition) is 2. The minimum absolute atomic E-state index is 0.410. The lowest BCUT2D eigenvalue weighted by molar-refractivity contribution is -0.0712. The Kier molecular flexibility index (Phi) is 9.52. The number of halogens is 1. The zero-order chi connectivity index (χ0) is 30.8. The number of rotatable bonds is 10. The monoisotopic (exact) mass is 640 g/mol. The van der Waals surface area contributed by atoms with E-state index in [0.29, 0.717) is 42.1 Å². The Bertz CT molecular complexity index is 1480. The summed E-state index contributed by atoms with van der Waals surface area (Å²) in [6.07, 6.45) is 4.31. The van der Waals surface area contributed by atoms with Crippen molar-refractivity contribution in [3.63, 3.8) is 0 Å². The lowest BCUT2D eigenvalue weighted by atomic mass is 9.97. The van der Waals surface area contributed by atoms with Gasteiger partial charge in [0.25, 0.3) is 0 Å². The molecule has 2 N–H and O–H groups in total. The first-order valence-corrected chi connectivity index (χ1v) is 17.9. The van der Waals surface area contributed by atoms with Crippen LogP contribution in [0.3, 0.4) is 0 Å². The summed E-state index contributed by atoms with van der Waals surface area (Å²) in [6.45, 7) is 14.6. The molecule has 10 nitrogen and oxygen atoms in total. The van der Waals surface area contributed by atoms with Gasteiger partial charge in [0, 0.05) is 55.9 Å². The molecular weight excluding hydrogens is 599 g/mol. The highest BCUT2D eigenvalue weighted by Gasteiger charge is 2.34. The SMILES string of the molecule is CCOC1CN(C2CCN(c3cc(OC)c(Nc4ncc(Cl)c(Nc5ccc6c(c5P(C)C)OCCO6)n4)cc3C)CC2)C1. The number of benzene rings is 2. The number of aryl methyl sites for hydroxylation is 1. The molecule has 236 valence electrons. The van der Waals surface area contributed by atoms with Crippen molar-refractivity contribution in [2.24, 2.45) is 0 Å². The van der Waals surface area contributed by atoms with E-state index in [0.717, 1.165) is 79.6 Å². The predicted octanol–water partition coefficient (Wildman–Crippen LogP) is 5.76. The van der Waals surface area contributed by atoms with Gasteiger partial charge in [-0.2, -0.15) is 4.98 Å². The van der Waals surface area contributed by atoms with E-state index in [1.54, 1.807) is 13.3 Å². The summed E-state index contributed by atoms with van der Waals surface area (Å²) < 4.78 is 23.4. The summed E-state index contributed by atoms with van der Waals surface area (Å²) in [5.74, 6) is 3.22. The summed E-state index contributed by atoms with van der Waals surface area (Å²) >= 11 is 6.57. The number of piperidine rings is 1. The van der Waals surface area contributed by atoms with E-state index in [9.17, 15) is 0 Å². The fraction of sp³-hybridized carbons (Fsp3) is 0.500. The van der Waals surface area contributed by atoms with Gasteiger partial charge in [0.05, 0.1) is 30.8 Å². The van der Waals surface area contributed by atoms with E-state index in [1.165, 1.54) is 11.3 Å². The summed E-state index contributed by atoms with van der Waals surface area (Å²) in [6, 6.07) is 8.78. The van der Waals surface area contributed by atoms with Gasteiger partial charge in [-0.05, 0) is 63.8 Å². The third-order valence-electron chi connectivity index (χ3n) is 8.49. The molecule has 0 aliphatic carbocycles. The number of aromatic nitrogens is 2. The highest BCUT2D eigenvalue weighted by Crippen LogP contribution is 2.42. The number of anilines is 5. The molecule has 2 fully saturated rings. The fourth-order valence-corrected chi connectivity index (χ4v) is 7.61. The first-order valence-electron chi connectivity index (χ1n) is 15.3. The lowest BCUT2D eigenvalue weighted by Gasteiger charge is -2.47. The molecule has 44 heavy (non-hydrogen) atoms. The third kappa shape index (κ3) is 6.50. The maximum absolute atomic E-state index is 6.57. The van der Waals surface area contributed by atoms with Gasteiger partial charge in [0.2, 0.25) is 5.95 Å². The van der Waals surface area contributed by atoms with Gasteiger partial charge in [0.1, 0.15) is 24.0 Å². The Balaban J connectivity index is 1.16. The number of likely N-dealkylation sites (tertiary alicyclic amines) is 1. The highest BCUT2D eigenvalue weighted by atomic mass is 35.5. The number of nitrogens with one attached hydrogen (secondary N) is 2. The second-order valence-corrected chi connectivity index (χ2v) is 14.3. The van der Waals surface area contributed by atoms with Crippen LogP contribution in [0.5, 0.6) is 17.2 Å². The minimum atomic E-state index is -0.509. The summed E-state index contributed by atoms with van der Waals surface area (Å²) in [7, 11) is 1.18. The molecule has 0 atom stereocenters. The molecule has 0 amide bonds. The lowest BCUT2D eigenvalue weighted by Crippen LogP contribution is -2.58. The van der Waals surface area contributed by atoms with Gasteiger partial charge in [-0.1, -0.05) is 19.5 Å². The average molecular weight is 641 g/mol. The Hall–Kier alpha value is -3.04. The third-order valence-corrected chi connectivity index (χ3v) is 10.1. The van der Waals surface area contributed by atoms with Crippen LogP contribution in [0.25, 0.3) is 0 Å². The van der Waals surface area contributed by atoms with Crippen molar-refractivity contribution in [3.05, 3.63) is 41.0 Å². The number of ether oxygens (including phenoxy) is 4. The van der Waals surface area contributed by atoms with E-state index in [2.05, 4.69) is 64.7 Å². The standard InChI is InChI=1S/C32H42ClN6O4P/c1-6-41-22-18-39(19-22)21-9-11-38(12-10-21)26-16-28(40-3)25(15-20(26)2)36-32-34-17-23(33)31(37-32)35-24-7-8-27-29(30(24)44(4)5)43-14-13-42-27/h7-8,15-17,21-22H,6,9-14,18-19H2,1-5H3,(H2,34,35,36,37). The first kappa shape index (κ1) is 31.0. The van der Waals surface area contributed by atoms with Gasteiger partial charge in [-0.3, -0.25) is 4.90 Å². The Morgan fingerprint density at radius 2 is 1.84 bits per heavy atom. The van der Waals surface area contributed by atoms with Crippen molar-refractivity contribution in [1.82, 2.24) is 14.9 Å². The summed E-state index contributed by atoms with van der Waals surface area (Å²) in [4.78, 5) is 14.2. The molecule has 0 bridgehead atoms. The summed E-state index contributed by atoms with van der Waals surface area (Å²) in [5, 5.41) is 8.29. The van der Waals surface area contributed by atoms with Gasteiger partial charge < -0.3 is 34.5 Å². The van der Waals surface area contributed by atoms with Crippen LogP contribution in [0.15, 0.2) is 30.5 Å².